The standard InChI is InChI=1S/C20H28N6O5S.C2HF3O2/c1-3-4-14-6-8-15(9-7-14)32(29,30)25-16-10-5-13(2)26(19(16)28)17(18(21)27)11-12-31-24-20(22)23;3-2(4,5)1(6)7/h5-10,17,25H,3-4,11-12H2,1-2H3,(H2,21,27)(H4,22,23,24);(H,6,7). The highest BCUT2D eigenvalue weighted by Crippen LogP contribution is 2.18. The molecule has 0 bridgehead atoms. The lowest BCUT2D eigenvalue weighted by Gasteiger charge is -2.20. The third-order valence-corrected chi connectivity index (χ3v) is 6.28. The molecule has 1 heterocycles. The predicted molar refractivity (Wildman–Crippen MR) is 134 cm³/mol. The van der Waals surface area contributed by atoms with E-state index in [1.165, 1.54) is 24.3 Å². The minimum absolute atomic E-state index is 0.00848. The Kier molecular flexibility index (Phi) is 11.9. The maximum absolute atomic E-state index is 13.0. The number of carbonyl (C=O) groups excluding carboxylic acids is 1. The number of hydrogen-bond donors (Lipinski definition) is 6. The third kappa shape index (κ3) is 10.3. The van der Waals surface area contributed by atoms with Gasteiger partial charge in [-0.15, -0.1) is 0 Å². The maximum atomic E-state index is 13.0. The van der Waals surface area contributed by atoms with Gasteiger partial charge in [0.05, 0.1) is 11.5 Å². The van der Waals surface area contributed by atoms with Crippen molar-refractivity contribution < 1.29 is 41.1 Å². The summed E-state index contributed by atoms with van der Waals surface area (Å²) in [6.07, 6.45) is -3.33. The summed E-state index contributed by atoms with van der Waals surface area (Å²) in [4.78, 5) is 38.9. The quantitative estimate of drug-likeness (QED) is 0.0980. The molecule has 0 saturated carbocycles. The Balaban J connectivity index is 0.000000956. The fourth-order valence-corrected chi connectivity index (χ4v) is 4.19. The Labute approximate surface area is 221 Å². The van der Waals surface area contributed by atoms with Gasteiger partial charge in [0.1, 0.15) is 11.7 Å². The monoisotopic (exact) mass is 578 g/mol. The van der Waals surface area contributed by atoms with Gasteiger partial charge in [0.2, 0.25) is 11.9 Å². The number of guanidine groups is 1. The molecule has 0 aliphatic carbocycles. The number of nitrogens with zero attached hydrogens (tertiary/aromatic N) is 1. The van der Waals surface area contributed by atoms with Crippen LogP contribution in [0.4, 0.5) is 18.9 Å². The molecule has 39 heavy (non-hydrogen) atoms. The second-order valence-electron chi connectivity index (χ2n) is 7.94. The highest BCUT2D eigenvalue weighted by atomic mass is 32.2. The first-order valence-corrected chi connectivity index (χ1v) is 12.6. The number of anilines is 1. The zero-order valence-electron chi connectivity index (χ0n) is 20.9. The van der Waals surface area contributed by atoms with E-state index in [2.05, 4.69) is 10.2 Å². The van der Waals surface area contributed by atoms with Crippen molar-refractivity contribution in [2.24, 2.45) is 11.5 Å². The van der Waals surface area contributed by atoms with Crippen LogP contribution < -0.4 is 27.2 Å². The van der Waals surface area contributed by atoms with Gasteiger partial charge in [0.15, 0.2) is 0 Å². The van der Waals surface area contributed by atoms with E-state index in [9.17, 15) is 31.2 Å². The lowest BCUT2D eigenvalue weighted by Crippen LogP contribution is -2.38. The van der Waals surface area contributed by atoms with E-state index in [4.69, 9.17) is 31.6 Å². The van der Waals surface area contributed by atoms with Gasteiger partial charge in [0.25, 0.3) is 15.6 Å². The van der Waals surface area contributed by atoms with Crippen molar-refractivity contribution >= 4 is 33.5 Å². The number of aryl methyl sites for hydroxylation is 2. The van der Waals surface area contributed by atoms with E-state index in [1.54, 1.807) is 19.1 Å². The van der Waals surface area contributed by atoms with E-state index in [1.807, 2.05) is 6.92 Å². The Morgan fingerprint density at radius 1 is 1.15 bits per heavy atom. The number of halogens is 3. The van der Waals surface area contributed by atoms with Gasteiger partial charge in [-0.3, -0.25) is 29.1 Å². The van der Waals surface area contributed by atoms with Gasteiger partial charge in [-0.2, -0.15) is 13.2 Å². The third-order valence-electron chi connectivity index (χ3n) is 4.90. The number of amides is 1. The van der Waals surface area contributed by atoms with Gasteiger partial charge in [-0.25, -0.2) is 18.7 Å². The van der Waals surface area contributed by atoms with E-state index in [-0.39, 0.29) is 23.6 Å². The minimum Gasteiger partial charge on any atom is -0.475 e. The van der Waals surface area contributed by atoms with Crippen molar-refractivity contribution in [2.75, 3.05) is 11.3 Å². The number of carboxylic acids is 1. The number of rotatable bonds is 11. The molecule has 2 rings (SSSR count). The van der Waals surface area contributed by atoms with Crippen LogP contribution in [0.2, 0.25) is 0 Å². The molecule has 0 fully saturated rings. The van der Waals surface area contributed by atoms with Crippen molar-refractivity contribution in [1.82, 2.24) is 10.0 Å². The number of pyridine rings is 1. The predicted octanol–water partition coefficient (Wildman–Crippen LogP) is 1.37. The van der Waals surface area contributed by atoms with E-state index >= 15 is 0 Å². The van der Waals surface area contributed by atoms with E-state index in [0.29, 0.717) is 5.69 Å². The maximum Gasteiger partial charge on any atom is 0.490 e. The molecule has 8 N–H and O–H groups in total. The van der Waals surface area contributed by atoms with E-state index in [0.717, 1.165) is 23.0 Å². The zero-order valence-corrected chi connectivity index (χ0v) is 21.7. The van der Waals surface area contributed by atoms with Crippen molar-refractivity contribution in [3.05, 3.63) is 58.0 Å². The molecule has 0 spiro atoms. The van der Waals surface area contributed by atoms with Crippen LogP contribution in [0.3, 0.4) is 0 Å². The molecule has 0 radical (unpaired) electrons. The number of aromatic nitrogens is 1. The van der Waals surface area contributed by atoms with Gasteiger partial charge in [0, 0.05) is 12.1 Å². The van der Waals surface area contributed by atoms with Crippen molar-refractivity contribution in [2.45, 2.75) is 50.2 Å². The van der Waals surface area contributed by atoms with Crippen LogP contribution in [0.5, 0.6) is 0 Å². The second kappa shape index (κ2) is 14.1. The summed E-state index contributed by atoms with van der Waals surface area (Å²) in [5.74, 6) is -3.98. The lowest BCUT2D eigenvalue weighted by molar-refractivity contribution is -0.192. The van der Waals surface area contributed by atoms with Crippen molar-refractivity contribution in [3.8, 4) is 0 Å². The molecule has 1 aromatic heterocycles. The molecule has 2 aromatic rings. The number of benzene rings is 1. The second-order valence-corrected chi connectivity index (χ2v) is 9.62. The van der Waals surface area contributed by atoms with Gasteiger partial charge >= 0.3 is 12.1 Å². The number of hydroxylamine groups is 1. The summed E-state index contributed by atoms with van der Waals surface area (Å²) in [5, 5.41) is 14.2. The molecular weight excluding hydrogens is 549 g/mol. The Bertz CT molecular complexity index is 1330. The van der Waals surface area contributed by atoms with Crippen LogP contribution in [0.15, 0.2) is 46.1 Å². The summed E-state index contributed by atoms with van der Waals surface area (Å²) in [6.45, 7) is 3.54. The zero-order chi connectivity index (χ0) is 30.0. The number of nitrogens with two attached hydrogens (primary N) is 2. The first kappa shape index (κ1) is 32.9. The Hall–Kier alpha value is -4.12. The summed E-state index contributed by atoms with van der Waals surface area (Å²) >= 11 is 0. The number of aliphatic carboxylic acids is 1. The SMILES string of the molecule is CCCc1ccc(S(=O)(=O)Nc2ccc(C)n(C(CCONC(=N)N)C(N)=O)c2=O)cc1.O=C(O)C(F)(F)F. The number of carbonyl (C=O) groups is 2. The summed E-state index contributed by atoms with van der Waals surface area (Å²) in [5.41, 5.74) is 13.2. The van der Waals surface area contributed by atoms with Crippen LogP contribution in [-0.4, -0.2) is 48.7 Å². The average Bonchev–Trinajstić information content (AvgIpc) is 2.82. The topological polar surface area (TPSA) is 220 Å². The fourth-order valence-electron chi connectivity index (χ4n) is 3.14. The molecule has 1 atom stereocenters. The molecule has 1 amide bonds. The molecule has 1 unspecified atom stereocenters. The van der Waals surface area contributed by atoms with Crippen molar-refractivity contribution in [1.29, 1.82) is 5.41 Å². The Morgan fingerprint density at radius 3 is 2.18 bits per heavy atom. The minimum atomic E-state index is -5.08. The van der Waals surface area contributed by atoms with Gasteiger partial charge in [-0.1, -0.05) is 25.5 Å². The number of carboxylic acid groups (broad SMARTS) is 1. The molecule has 17 heteroatoms. The van der Waals surface area contributed by atoms with Crippen molar-refractivity contribution in [3.63, 3.8) is 0 Å². The number of nitrogens with one attached hydrogen (secondary N) is 3. The lowest BCUT2D eigenvalue weighted by atomic mass is 10.1. The van der Waals surface area contributed by atoms with Crippen LogP contribution in [-0.2, 0) is 30.9 Å². The number of primary amides is 1. The Morgan fingerprint density at radius 2 is 1.72 bits per heavy atom. The summed E-state index contributed by atoms with van der Waals surface area (Å²) in [7, 11) is -4.03. The molecule has 216 valence electrons. The first-order chi connectivity index (χ1) is 18.0. The molecule has 13 nitrogen and oxygen atoms in total. The van der Waals surface area contributed by atoms with Crippen LogP contribution in [0.1, 0.15) is 37.1 Å². The fraction of sp³-hybridized carbons (Fsp3) is 0.364. The summed E-state index contributed by atoms with van der Waals surface area (Å²) in [6, 6.07) is 8.15. The van der Waals surface area contributed by atoms with Gasteiger partial charge in [-0.05, 0) is 43.2 Å². The molecule has 0 aliphatic rings. The first-order valence-electron chi connectivity index (χ1n) is 11.2. The average molecular weight is 579 g/mol. The molecular formula is C22H29F3N6O7S. The van der Waals surface area contributed by atoms with E-state index < -0.39 is 45.6 Å². The molecule has 1 aromatic carbocycles. The smallest absolute Gasteiger partial charge is 0.475 e. The highest BCUT2D eigenvalue weighted by Gasteiger charge is 2.38. The number of alkyl halides is 3. The van der Waals surface area contributed by atoms with Crippen LogP contribution in [0, 0.1) is 12.3 Å². The molecule has 0 aliphatic heterocycles. The normalized spacial score (nSPS) is 12.0. The van der Waals surface area contributed by atoms with Crippen LogP contribution in [0.25, 0.3) is 0 Å². The number of hydrogen-bond acceptors (Lipinski definition) is 7. The molecule has 0 saturated heterocycles. The van der Waals surface area contributed by atoms with Crippen LogP contribution >= 0.6 is 0 Å². The van der Waals surface area contributed by atoms with Gasteiger partial charge < -0.3 is 16.6 Å². The summed E-state index contributed by atoms with van der Waals surface area (Å²) < 4.78 is 60.7. The number of sulfonamides is 1. The highest BCUT2D eigenvalue weighted by molar-refractivity contribution is 7.92. The largest absolute Gasteiger partial charge is 0.490 e.